The zero-order chi connectivity index (χ0) is 12.0. The summed E-state index contributed by atoms with van der Waals surface area (Å²) < 4.78 is 0. The lowest BCUT2D eigenvalue weighted by molar-refractivity contribution is -0.127. The molecule has 0 aromatic rings. The van der Waals surface area contributed by atoms with Gasteiger partial charge in [0.05, 0.1) is 11.9 Å². The highest BCUT2D eigenvalue weighted by Crippen LogP contribution is 2.20. The molecule has 1 N–H and O–H groups in total. The maximum Gasteiger partial charge on any atom is 0.232 e. The fourth-order valence-corrected chi connectivity index (χ4v) is 2.90. The number of hydrogen-bond acceptors (Lipinski definition) is 3. The van der Waals surface area contributed by atoms with E-state index < -0.39 is 0 Å². The van der Waals surface area contributed by atoms with Gasteiger partial charge in [-0.1, -0.05) is 13.3 Å². The summed E-state index contributed by atoms with van der Waals surface area (Å²) in [6, 6.07) is 0. The van der Waals surface area contributed by atoms with Crippen molar-refractivity contribution >= 4 is 17.7 Å². The van der Waals surface area contributed by atoms with E-state index in [1.807, 2.05) is 11.8 Å². The normalized spacial score (nSPS) is 22.4. The second-order valence-electron chi connectivity index (χ2n) is 4.54. The lowest BCUT2D eigenvalue weighted by Crippen LogP contribution is -2.31. The molecule has 0 aromatic heterocycles. The van der Waals surface area contributed by atoms with Crippen LogP contribution in [0.2, 0.25) is 0 Å². The van der Waals surface area contributed by atoms with Gasteiger partial charge in [0.15, 0.2) is 0 Å². The molecule has 16 heavy (non-hydrogen) atoms. The Morgan fingerprint density at radius 1 is 1.62 bits per heavy atom. The fourth-order valence-electron chi connectivity index (χ4n) is 1.90. The quantitative estimate of drug-likeness (QED) is 0.725. The minimum Gasteiger partial charge on any atom is -0.393 e. The Morgan fingerprint density at radius 2 is 2.38 bits per heavy atom. The molecule has 0 spiro atoms. The third-order valence-electron chi connectivity index (χ3n) is 3.13. The number of carbonyl (C=O) groups is 1. The van der Waals surface area contributed by atoms with Crippen LogP contribution >= 0.6 is 11.8 Å². The summed E-state index contributed by atoms with van der Waals surface area (Å²) in [4.78, 5) is 13.7. The lowest BCUT2D eigenvalue weighted by atomic mass is 10.0. The van der Waals surface area contributed by atoms with Gasteiger partial charge in [-0.15, -0.1) is 0 Å². The first-order chi connectivity index (χ1) is 7.65. The molecule has 0 radical (unpaired) electrons. The van der Waals surface area contributed by atoms with Crippen molar-refractivity contribution in [1.82, 2.24) is 4.90 Å². The summed E-state index contributed by atoms with van der Waals surface area (Å²) in [6.07, 6.45) is 3.04. The van der Waals surface area contributed by atoms with Gasteiger partial charge in [-0.2, -0.15) is 11.8 Å². The molecule has 0 aliphatic carbocycles. The van der Waals surface area contributed by atoms with Gasteiger partial charge in [0.2, 0.25) is 5.91 Å². The average molecular weight is 245 g/mol. The van der Waals surface area contributed by atoms with E-state index in [1.54, 1.807) is 11.8 Å². The molecule has 1 aliphatic rings. The number of hydrogen-bond donors (Lipinski definition) is 1. The zero-order valence-electron chi connectivity index (χ0n) is 10.3. The fraction of sp³-hybridized carbons (Fsp3) is 0.917. The van der Waals surface area contributed by atoms with Gasteiger partial charge in [-0.05, 0) is 25.5 Å². The van der Waals surface area contributed by atoms with E-state index in [4.69, 9.17) is 0 Å². The molecule has 1 amide bonds. The first-order valence-corrected chi connectivity index (χ1v) is 7.34. The first-order valence-electron chi connectivity index (χ1n) is 6.18. The minimum atomic E-state index is -0.287. The molecule has 1 rings (SSSR count). The predicted molar refractivity (Wildman–Crippen MR) is 68.6 cm³/mol. The molecule has 1 saturated heterocycles. The highest BCUT2D eigenvalue weighted by atomic mass is 32.2. The highest BCUT2D eigenvalue weighted by Gasteiger charge is 2.28. The maximum atomic E-state index is 11.8. The van der Waals surface area contributed by atoms with Gasteiger partial charge in [-0.3, -0.25) is 4.79 Å². The number of aliphatic hydroxyl groups excluding tert-OH is 1. The van der Waals surface area contributed by atoms with Gasteiger partial charge in [0.1, 0.15) is 0 Å². The number of thioether (sulfide) groups is 1. The van der Waals surface area contributed by atoms with Gasteiger partial charge < -0.3 is 10.0 Å². The van der Waals surface area contributed by atoms with Crippen LogP contribution in [0.25, 0.3) is 0 Å². The molecule has 1 fully saturated rings. The Bertz CT molecular complexity index is 221. The summed E-state index contributed by atoms with van der Waals surface area (Å²) in [5.41, 5.74) is 0. The lowest BCUT2D eigenvalue weighted by Gasteiger charge is -2.17. The maximum absolute atomic E-state index is 11.8. The number of likely N-dealkylation sites (tertiary alicyclic amines) is 1. The van der Waals surface area contributed by atoms with Crippen molar-refractivity contribution in [3.05, 3.63) is 0 Å². The van der Waals surface area contributed by atoms with Gasteiger partial charge in [0.25, 0.3) is 0 Å². The third-order valence-corrected chi connectivity index (χ3v) is 4.16. The monoisotopic (exact) mass is 245 g/mol. The van der Waals surface area contributed by atoms with Crippen molar-refractivity contribution in [1.29, 1.82) is 0 Å². The molecule has 4 heteroatoms. The van der Waals surface area contributed by atoms with Crippen molar-refractivity contribution < 1.29 is 9.90 Å². The van der Waals surface area contributed by atoms with Crippen LogP contribution in [0, 0.1) is 5.92 Å². The smallest absolute Gasteiger partial charge is 0.232 e. The number of aliphatic hydroxyl groups is 1. The van der Waals surface area contributed by atoms with Crippen molar-refractivity contribution in [2.45, 2.75) is 39.2 Å². The molecule has 2 atom stereocenters. The molecule has 0 bridgehead atoms. The van der Waals surface area contributed by atoms with Crippen LogP contribution in [0.4, 0.5) is 0 Å². The first kappa shape index (κ1) is 13.8. The summed E-state index contributed by atoms with van der Waals surface area (Å²) in [5, 5.41) is 9.45. The van der Waals surface area contributed by atoms with E-state index in [0.29, 0.717) is 5.75 Å². The Morgan fingerprint density at radius 3 is 2.94 bits per heavy atom. The van der Waals surface area contributed by atoms with E-state index in [-0.39, 0.29) is 17.9 Å². The standard InChI is InChI=1S/C12H23NO2S/c1-3-4-7-16-9-12(15)13-6-5-11(8-13)10(2)14/h10-11,14H,3-9H2,1-2H3. The molecule has 94 valence electrons. The third kappa shape index (κ3) is 4.34. The van der Waals surface area contributed by atoms with Gasteiger partial charge in [0, 0.05) is 19.0 Å². The van der Waals surface area contributed by atoms with Crippen molar-refractivity contribution in [3.8, 4) is 0 Å². The van der Waals surface area contributed by atoms with Crippen LogP contribution in [-0.2, 0) is 4.79 Å². The van der Waals surface area contributed by atoms with Crippen molar-refractivity contribution in [2.75, 3.05) is 24.6 Å². The summed E-state index contributed by atoms with van der Waals surface area (Å²) in [7, 11) is 0. The summed E-state index contributed by atoms with van der Waals surface area (Å²) in [5.74, 6) is 2.21. The number of unbranched alkanes of at least 4 members (excludes halogenated alkanes) is 1. The van der Waals surface area contributed by atoms with Crippen LogP contribution in [0.1, 0.15) is 33.1 Å². The molecule has 3 nitrogen and oxygen atoms in total. The number of carbonyl (C=O) groups excluding carboxylic acids is 1. The van der Waals surface area contributed by atoms with E-state index in [1.165, 1.54) is 12.8 Å². The van der Waals surface area contributed by atoms with Crippen LogP contribution < -0.4 is 0 Å². The van der Waals surface area contributed by atoms with Crippen molar-refractivity contribution in [3.63, 3.8) is 0 Å². The van der Waals surface area contributed by atoms with E-state index in [2.05, 4.69) is 6.92 Å². The number of nitrogens with zero attached hydrogens (tertiary/aromatic N) is 1. The summed E-state index contributed by atoms with van der Waals surface area (Å²) in [6.45, 7) is 5.54. The molecule has 0 aromatic carbocycles. The number of amides is 1. The Kier molecular flexibility index (Phi) is 6.21. The second-order valence-corrected chi connectivity index (χ2v) is 5.64. The van der Waals surface area contributed by atoms with Crippen LogP contribution in [0.3, 0.4) is 0 Å². The molecule has 1 aliphatic heterocycles. The van der Waals surface area contributed by atoms with E-state index in [0.717, 1.165) is 25.3 Å². The Hall–Kier alpha value is -0.220. The molecule has 1 heterocycles. The van der Waals surface area contributed by atoms with Crippen LogP contribution in [0.5, 0.6) is 0 Å². The van der Waals surface area contributed by atoms with Crippen LogP contribution in [0.15, 0.2) is 0 Å². The minimum absolute atomic E-state index is 0.240. The van der Waals surface area contributed by atoms with Crippen LogP contribution in [-0.4, -0.2) is 46.6 Å². The van der Waals surface area contributed by atoms with Gasteiger partial charge >= 0.3 is 0 Å². The molecule has 0 saturated carbocycles. The molecular weight excluding hydrogens is 222 g/mol. The Labute approximate surface area is 103 Å². The average Bonchev–Trinajstić information content (AvgIpc) is 2.73. The summed E-state index contributed by atoms with van der Waals surface area (Å²) >= 11 is 1.73. The zero-order valence-corrected chi connectivity index (χ0v) is 11.1. The van der Waals surface area contributed by atoms with Crippen molar-refractivity contribution in [2.24, 2.45) is 5.92 Å². The topological polar surface area (TPSA) is 40.5 Å². The molecular formula is C12H23NO2S. The van der Waals surface area contributed by atoms with E-state index in [9.17, 15) is 9.90 Å². The highest BCUT2D eigenvalue weighted by molar-refractivity contribution is 7.99. The number of rotatable bonds is 6. The van der Waals surface area contributed by atoms with Gasteiger partial charge in [-0.25, -0.2) is 0 Å². The largest absolute Gasteiger partial charge is 0.393 e. The van der Waals surface area contributed by atoms with E-state index >= 15 is 0 Å². The molecule has 2 unspecified atom stereocenters. The SMILES string of the molecule is CCCCSCC(=O)N1CCC(C(C)O)C1. The Balaban J connectivity index is 2.18. The predicted octanol–water partition coefficient (Wildman–Crippen LogP) is 1.75. The second kappa shape index (κ2) is 7.17.